The van der Waals surface area contributed by atoms with Crippen LogP contribution in [0.5, 0.6) is 0 Å². The van der Waals surface area contributed by atoms with Crippen molar-refractivity contribution in [2.75, 3.05) is 13.2 Å². The smallest absolute Gasteiger partial charge is 0.220 e. The van der Waals surface area contributed by atoms with E-state index in [1.807, 2.05) is 0 Å². The molecule has 0 saturated carbocycles. The van der Waals surface area contributed by atoms with Crippen molar-refractivity contribution in [2.45, 2.75) is 378 Å². The van der Waals surface area contributed by atoms with E-state index in [4.69, 9.17) is 9.47 Å². The van der Waals surface area contributed by atoms with Crippen LogP contribution in [0.1, 0.15) is 335 Å². The van der Waals surface area contributed by atoms with Gasteiger partial charge in [-0.05, 0) is 103 Å². The minimum Gasteiger partial charge on any atom is -0.394 e. The molecule has 6 N–H and O–H groups in total. The first kappa shape index (κ1) is 89.1. The van der Waals surface area contributed by atoms with E-state index in [0.29, 0.717) is 19.3 Å². The third-order valence-electron chi connectivity index (χ3n) is 18.0. The first-order valence-electron chi connectivity index (χ1n) is 39.5. The topological polar surface area (TPSA) is 149 Å². The molecule has 1 aliphatic rings. The molecule has 1 rings (SSSR count). The zero-order chi connectivity index (χ0) is 68.5. The molecular weight excluding hydrogens is 1170 g/mol. The van der Waals surface area contributed by atoms with Crippen LogP contribution in [0.15, 0.2) is 146 Å². The number of carbonyl (C=O) groups excluding carboxylic acids is 1. The number of allylic oxidation sites excluding steroid dienone is 24. The quantitative estimate of drug-likeness (QED) is 0.0261. The van der Waals surface area contributed by atoms with Gasteiger partial charge in [0, 0.05) is 6.42 Å². The summed E-state index contributed by atoms with van der Waals surface area (Å²) in [5.41, 5.74) is 0. The number of amides is 1. The van der Waals surface area contributed by atoms with E-state index < -0.39 is 49.5 Å². The molecule has 0 radical (unpaired) electrons. The van der Waals surface area contributed by atoms with Gasteiger partial charge < -0.3 is 40.3 Å². The molecule has 0 aromatic carbocycles. The highest BCUT2D eigenvalue weighted by molar-refractivity contribution is 5.76. The molecule has 0 spiro atoms. The molecule has 1 saturated heterocycles. The molecular formula is C86H147NO8. The molecule has 1 heterocycles. The van der Waals surface area contributed by atoms with E-state index in [1.165, 1.54) is 193 Å². The zero-order valence-corrected chi connectivity index (χ0v) is 61.1. The first-order valence-corrected chi connectivity index (χ1v) is 39.5. The maximum absolute atomic E-state index is 13.2. The van der Waals surface area contributed by atoms with Crippen LogP contribution in [0.3, 0.4) is 0 Å². The predicted molar refractivity (Wildman–Crippen MR) is 410 cm³/mol. The minimum absolute atomic E-state index is 0.164. The average Bonchev–Trinajstić information content (AvgIpc) is 0.836. The van der Waals surface area contributed by atoms with Gasteiger partial charge in [0.1, 0.15) is 24.4 Å². The molecule has 9 nitrogen and oxygen atoms in total. The van der Waals surface area contributed by atoms with Crippen molar-refractivity contribution in [1.82, 2.24) is 5.32 Å². The van der Waals surface area contributed by atoms with Crippen molar-refractivity contribution in [1.29, 1.82) is 0 Å². The molecule has 1 amide bonds. The zero-order valence-electron chi connectivity index (χ0n) is 61.1. The van der Waals surface area contributed by atoms with E-state index >= 15 is 0 Å². The monoisotopic (exact) mass is 1320 g/mol. The van der Waals surface area contributed by atoms with E-state index in [2.05, 4.69) is 165 Å². The standard InChI is InChI=1S/C86H147NO8/c1-3-5-7-9-11-13-15-17-19-21-23-25-27-29-31-33-35-37-38-39-40-41-42-44-46-48-50-52-54-56-58-60-62-64-66-68-70-72-74-76-82(90)87-79(78-94-86-85(93)84(92)83(91)81(77-88)95-86)80(89)75-73-71-69-67-65-63-61-59-57-55-53-51-49-47-45-43-36-34-32-30-28-26-24-22-20-18-16-14-12-10-8-6-4-2/h5,7,11,13,17,19,23,25,29,31,35,37,39-40,42,44,48,50,54,56,60,62,66,68,79-81,83-86,88-89,91-93H,3-4,6,8-10,12,14-16,18,20-22,24,26-28,30,32-34,36,38,41,43,45-47,49,51-53,55,57-59,61,63-65,67,69-78H2,1-2H3,(H,87,90)/b7-5-,13-11-,19-17-,25-23-,31-29-,37-35-,40-39-,44-42-,50-48-,56-54-,62-60-,68-66-. The molecule has 7 unspecified atom stereocenters. The van der Waals surface area contributed by atoms with Crippen LogP contribution in [-0.2, 0) is 14.3 Å². The second-order valence-corrected chi connectivity index (χ2v) is 26.8. The van der Waals surface area contributed by atoms with Gasteiger partial charge in [-0.3, -0.25) is 4.79 Å². The van der Waals surface area contributed by atoms with Crippen molar-refractivity contribution in [3.05, 3.63) is 146 Å². The number of aliphatic hydroxyl groups excluding tert-OH is 5. The van der Waals surface area contributed by atoms with Crippen molar-refractivity contribution >= 4 is 5.91 Å². The van der Waals surface area contributed by atoms with Crippen LogP contribution in [0, 0.1) is 0 Å². The number of hydrogen-bond acceptors (Lipinski definition) is 8. The fourth-order valence-electron chi connectivity index (χ4n) is 11.9. The Kier molecular flexibility index (Phi) is 68.3. The van der Waals surface area contributed by atoms with E-state index in [9.17, 15) is 30.3 Å². The molecule has 1 aliphatic heterocycles. The summed E-state index contributed by atoms with van der Waals surface area (Å²) in [6, 6.07) is -0.756. The maximum atomic E-state index is 13.2. The van der Waals surface area contributed by atoms with Gasteiger partial charge in [0.05, 0.1) is 25.4 Å². The maximum Gasteiger partial charge on any atom is 0.220 e. The van der Waals surface area contributed by atoms with Gasteiger partial charge >= 0.3 is 0 Å². The lowest BCUT2D eigenvalue weighted by atomic mass is 9.99. The summed E-state index contributed by atoms with van der Waals surface area (Å²) in [5.74, 6) is -0.188. The molecule has 0 bridgehead atoms. The molecule has 95 heavy (non-hydrogen) atoms. The van der Waals surface area contributed by atoms with Crippen molar-refractivity contribution < 1.29 is 39.8 Å². The second-order valence-electron chi connectivity index (χ2n) is 26.8. The number of unbranched alkanes of at least 4 members (excludes halogenated alkanes) is 34. The number of hydrogen-bond donors (Lipinski definition) is 6. The van der Waals surface area contributed by atoms with Gasteiger partial charge in [-0.1, -0.05) is 372 Å². The Balaban J connectivity index is 2.15. The summed E-state index contributed by atoms with van der Waals surface area (Å²) >= 11 is 0. The van der Waals surface area contributed by atoms with Gasteiger partial charge in [0.2, 0.25) is 5.91 Å². The lowest BCUT2D eigenvalue weighted by Gasteiger charge is -2.40. The summed E-state index contributed by atoms with van der Waals surface area (Å²) in [6.07, 6.45) is 105. The van der Waals surface area contributed by atoms with E-state index in [-0.39, 0.29) is 12.5 Å². The van der Waals surface area contributed by atoms with Crippen LogP contribution < -0.4 is 5.32 Å². The number of rotatable bonds is 68. The van der Waals surface area contributed by atoms with Gasteiger partial charge in [0.15, 0.2) is 6.29 Å². The normalized spacial score (nSPS) is 18.3. The Morgan fingerprint density at radius 1 is 0.368 bits per heavy atom. The third kappa shape index (κ3) is 60.9. The predicted octanol–water partition coefficient (Wildman–Crippen LogP) is 22.9. The Labute approximate surface area is 584 Å². The fourth-order valence-corrected chi connectivity index (χ4v) is 11.9. The van der Waals surface area contributed by atoms with Gasteiger partial charge in [-0.15, -0.1) is 0 Å². The Morgan fingerprint density at radius 3 is 0.947 bits per heavy atom. The van der Waals surface area contributed by atoms with Crippen LogP contribution in [0.2, 0.25) is 0 Å². The SMILES string of the molecule is CC/C=C\C/C=C\C/C=C\C/C=C\C/C=C\C/C=C\C/C=C\C/C=C\C/C=C\C/C=C\C/C=C\C/C=C\CCCCC(=O)NC(COC1OC(CO)C(O)C(O)C1O)C(O)CCCCCCCCCCCCCCCCCCCCCCCCCCCCCCCCCCC. The summed E-state index contributed by atoms with van der Waals surface area (Å²) in [6.45, 7) is 3.73. The van der Waals surface area contributed by atoms with Crippen molar-refractivity contribution in [2.24, 2.45) is 0 Å². The summed E-state index contributed by atoms with van der Waals surface area (Å²) in [7, 11) is 0. The highest BCUT2D eigenvalue weighted by atomic mass is 16.7. The van der Waals surface area contributed by atoms with Gasteiger partial charge in [-0.25, -0.2) is 0 Å². The number of nitrogens with one attached hydrogen (secondary N) is 1. The highest BCUT2D eigenvalue weighted by Crippen LogP contribution is 2.24. The van der Waals surface area contributed by atoms with Crippen LogP contribution >= 0.6 is 0 Å². The number of carbonyl (C=O) groups is 1. The molecule has 7 atom stereocenters. The number of aliphatic hydroxyl groups is 5. The van der Waals surface area contributed by atoms with Crippen LogP contribution in [-0.4, -0.2) is 87.5 Å². The molecule has 9 heteroatoms. The number of ether oxygens (including phenoxy) is 2. The minimum atomic E-state index is -1.57. The summed E-state index contributed by atoms with van der Waals surface area (Å²) in [5, 5.41) is 55.0. The second kappa shape index (κ2) is 72.8. The van der Waals surface area contributed by atoms with Crippen molar-refractivity contribution in [3.8, 4) is 0 Å². The van der Waals surface area contributed by atoms with E-state index in [0.717, 1.165) is 109 Å². The lowest BCUT2D eigenvalue weighted by molar-refractivity contribution is -0.302. The Hall–Kier alpha value is -3.93. The Morgan fingerprint density at radius 2 is 0.653 bits per heavy atom. The van der Waals surface area contributed by atoms with Gasteiger partial charge in [0.25, 0.3) is 0 Å². The fraction of sp³-hybridized carbons (Fsp3) is 0.709. The van der Waals surface area contributed by atoms with Gasteiger partial charge in [-0.2, -0.15) is 0 Å². The summed E-state index contributed by atoms with van der Waals surface area (Å²) in [4.78, 5) is 13.2. The largest absolute Gasteiger partial charge is 0.394 e. The average molecular weight is 1320 g/mol. The van der Waals surface area contributed by atoms with E-state index in [1.54, 1.807) is 0 Å². The first-order chi connectivity index (χ1) is 46.8. The lowest BCUT2D eigenvalue weighted by Crippen LogP contribution is -2.60. The van der Waals surface area contributed by atoms with Crippen LogP contribution in [0.4, 0.5) is 0 Å². The summed E-state index contributed by atoms with van der Waals surface area (Å²) < 4.78 is 11.4. The molecule has 0 aromatic rings. The highest BCUT2D eigenvalue weighted by Gasteiger charge is 2.44. The third-order valence-corrected chi connectivity index (χ3v) is 18.0. The molecule has 1 fully saturated rings. The Bertz CT molecular complexity index is 2020. The van der Waals surface area contributed by atoms with Crippen LogP contribution in [0.25, 0.3) is 0 Å². The van der Waals surface area contributed by atoms with Crippen molar-refractivity contribution in [3.63, 3.8) is 0 Å². The molecule has 0 aliphatic carbocycles. The molecule has 544 valence electrons. The molecule has 0 aromatic heterocycles.